The number of rotatable bonds is 7. The molecule has 0 radical (unpaired) electrons. The molecule has 0 N–H and O–H groups in total. The first kappa shape index (κ1) is 40.7. The molecule has 0 bridgehead atoms. The van der Waals surface area contributed by atoms with Crippen LogP contribution in [0, 0.1) is 5.92 Å². The maximum Gasteiger partial charge on any atom is 0.235 e. The number of anilines is 3. The molecule has 5 heteroatoms. The lowest BCUT2D eigenvalue weighted by atomic mass is 9.74. The molecule has 0 amide bonds. The van der Waals surface area contributed by atoms with Crippen LogP contribution in [-0.2, 0) is 5.41 Å². The van der Waals surface area contributed by atoms with Crippen LogP contribution >= 0.6 is 11.3 Å². The van der Waals surface area contributed by atoms with Gasteiger partial charge in [0, 0.05) is 75.8 Å². The van der Waals surface area contributed by atoms with Crippen LogP contribution in [0.15, 0.2) is 231 Å². The summed E-state index contributed by atoms with van der Waals surface area (Å²) in [5.74, 6) is 1.41. The smallest absolute Gasteiger partial charge is 0.235 e. The molecular formula is C65H46N4S. The first-order valence-electron chi connectivity index (χ1n) is 24.2. The van der Waals surface area contributed by atoms with Crippen molar-refractivity contribution in [2.24, 2.45) is 5.92 Å². The van der Waals surface area contributed by atoms with Crippen molar-refractivity contribution in [3.63, 3.8) is 0 Å². The Morgan fingerprint density at radius 3 is 1.77 bits per heavy atom. The van der Waals surface area contributed by atoms with E-state index in [1.54, 1.807) is 0 Å². The van der Waals surface area contributed by atoms with Crippen molar-refractivity contribution in [1.29, 1.82) is 0 Å². The zero-order valence-electron chi connectivity index (χ0n) is 38.8. The van der Waals surface area contributed by atoms with E-state index >= 15 is 0 Å². The summed E-state index contributed by atoms with van der Waals surface area (Å²) >= 11 is 1.88. The van der Waals surface area contributed by atoms with Gasteiger partial charge in [0.25, 0.3) is 0 Å². The molecular weight excluding hydrogens is 869 g/mol. The molecule has 70 heavy (non-hydrogen) atoms. The predicted molar refractivity (Wildman–Crippen MR) is 295 cm³/mol. The Kier molecular flexibility index (Phi) is 9.20. The van der Waals surface area contributed by atoms with Gasteiger partial charge in [-0.15, -0.1) is 11.3 Å². The zero-order chi connectivity index (χ0) is 46.5. The van der Waals surface area contributed by atoms with Crippen LogP contribution in [-0.4, -0.2) is 14.5 Å². The van der Waals surface area contributed by atoms with Crippen LogP contribution in [0.4, 0.5) is 17.1 Å². The number of thiophene rings is 1. The Balaban J connectivity index is 1.08. The quantitative estimate of drug-likeness (QED) is 0.160. The summed E-state index contributed by atoms with van der Waals surface area (Å²) in [7, 11) is 0. The van der Waals surface area contributed by atoms with Gasteiger partial charge in [0.1, 0.15) is 0 Å². The minimum absolute atomic E-state index is 0.0446. The second kappa shape index (κ2) is 15.8. The van der Waals surface area contributed by atoms with Crippen molar-refractivity contribution < 1.29 is 0 Å². The highest BCUT2D eigenvalue weighted by molar-refractivity contribution is 7.27. The minimum Gasteiger partial charge on any atom is -0.310 e. The van der Waals surface area contributed by atoms with Gasteiger partial charge in [0.2, 0.25) is 5.95 Å². The number of aromatic nitrogens is 3. The van der Waals surface area contributed by atoms with Crippen molar-refractivity contribution in [3.05, 3.63) is 242 Å². The topological polar surface area (TPSA) is 34.0 Å². The second-order valence-electron chi connectivity index (χ2n) is 19.3. The van der Waals surface area contributed by atoms with Crippen LogP contribution < -0.4 is 4.90 Å². The largest absolute Gasteiger partial charge is 0.310 e. The van der Waals surface area contributed by atoms with Gasteiger partial charge >= 0.3 is 0 Å². The van der Waals surface area contributed by atoms with Crippen molar-refractivity contribution in [2.75, 3.05) is 4.90 Å². The van der Waals surface area contributed by atoms with Gasteiger partial charge in [0.15, 0.2) is 0 Å². The Morgan fingerprint density at radius 1 is 0.486 bits per heavy atom. The van der Waals surface area contributed by atoms with Gasteiger partial charge in [-0.3, -0.25) is 4.57 Å². The molecule has 0 aliphatic heterocycles. The number of hydrogen-bond donors (Lipinski definition) is 0. The SMILES string of the molecule is CC1(C)c2cc(N(c3ccc(-c4ccccc4)cc3)c3ccc4c(c3)c3c5c6ccccc6sc5c5ccccc5c3n4-c3nc(-c4ccccc4)cc(-c4ccccc4)n3)ccc2C2C=CC=CC21. The van der Waals surface area contributed by atoms with Gasteiger partial charge in [-0.1, -0.05) is 190 Å². The fraction of sp³-hybridized carbons (Fsp3) is 0.0769. The maximum atomic E-state index is 5.51. The average Bonchev–Trinajstić information content (AvgIpc) is 4.05. The number of hydrogen-bond acceptors (Lipinski definition) is 4. The highest BCUT2D eigenvalue weighted by atomic mass is 32.1. The van der Waals surface area contributed by atoms with E-state index in [1.165, 1.54) is 58.6 Å². The van der Waals surface area contributed by atoms with Gasteiger partial charge in [-0.05, 0) is 88.2 Å². The first-order valence-corrected chi connectivity index (χ1v) is 25.0. The number of allylic oxidation sites excluding steroid dienone is 4. The molecule has 14 rings (SSSR count). The Morgan fingerprint density at radius 2 is 1.06 bits per heavy atom. The average molecular weight is 915 g/mol. The van der Waals surface area contributed by atoms with Crippen LogP contribution in [0.2, 0.25) is 0 Å². The fourth-order valence-corrected chi connectivity index (χ4v) is 13.0. The lowest BCUT2D eigenvalue weighted by Gasteiger charge is -2.30. The van der Waals surface area contributed by atoms with E-state index in [0.29, 0.717) is 17.8 Å². The van der Waals surface area contributed by atoms with E-state index in [2.05, 4.69) is 254 Å². The van der Waals surface area contributed by atoms with Crippen LogP contribution in [0.3, 0.4) is 0 Å². The molecule has 12 aromatic rings. The third-order valence-corrected chi connectivity index (χ3v) is 16.3. The first-order chi connectivity index (χ1) is 34.5. The Labute approximate surface area is 410 Å². The van der Waals surface area contributed by atoms with Crippen molar-refractivity contribution in [2.45, 2.75) is 25.2 Å². The lowest BCUT2D eigenvalue weighted by molar-refractivity contribution is 0.394. The fourth-order valence-electron chi connectivity index (χ4n) is 11.7. The summed E-state index contributed by atoms with van der Waals surface area (Å²) < 4.78 is 4.91. The summed E-state index contributed by atoms with van der Waals surface area (Å²) in [5, 5.41) is 7.27. The van der Waals surface area contributed by atoms with Crippen molar-refractivity contribution >= 4 is 81.1 Å². The molecule has 0 saturated heterocycles. The molecule has 0 spiro atoms. The summed E-state index contributed by atoms with van der Waals surface area (Å²) in [6.07, 6.45) is 9.25. The molecule has 3 aromatic heterocycles. The minimum atomic E-state index is -0.0446. The molecule has 9 aromatic carbocycles. The van der Waals surface area contributed by atoms with Gasteiger partial charge < -0.3 is 4.90 Å². The van der Waals surface area contributed by atoms with Gasteiger partial charge in [-0.2, -0.15) is 0 Å². The van der Waals surface area contributed by atoms with Crippen molar-refractivity contribution in [3.8, 4) is 39.6 Å². The van der Waals surface area contributed by atoms with Crippen LogP contribution in [0.1, 0.15) is 30.9 Å². The van der Waals surface area contributed by atoms with Gasteiger partial charge in [-0.25, -0.2) is 9.97 Å². The van der Waals surface area contributed by atoms with Crippen LogP contribution in [0.25, 0.3) is 92.3 Å². The Bertz CT molecular complexity index is 4030. The second-order valence-corrected chi connectivity index (χ2v) is 20.4. The predicted octanol–water partition coefficient (Wildman–Crippen LogP) is 17.7. The highest BCUT2D eigenvalue weighted by Crippen LogP contribution is 2.55. The molecule has 2 aliphatic rings. The molecule has 4 nitrogen and oxygen atoms in total. The highest BCUT2D eigenvalue weighted by Gasteiger charge is 2.44. The van der Waals surface area contributed by atoms with E-state index < -0.39 is 0 Å². The molecule has 332 valence electrons. The zero-order valence-corrected chi connectivity index (χ0v) is 39.6. The summed E-state index contributed by atoms with van der Waals surface area (Å²) in [5.41, 5.74) is 14.5. The molecule has 0 saturated carbocycles. The standard InChI is InChI=1S/C65H46N4S/c1-65(2)54-28-16-14-24-48(54)49-36-34-47(39-55(49)65)68(45-32-30-42(31-33-45)41-18-6-3-7-19-41)46-35-37-58-53(38-46)60-61-52-27-15-17-29-59(52)70-63(61)51-26-13-12-25-50(51)62(60)69(58)64-66-56(43-20-8-4-9-21-43)40-57(67-64)44-22-10-5-11-23-44/h3-40,48,54H,1-2H3. The number of fused-ring (bicyclic) bond motifs is 13. The van der Waals surface area contributed by atoms with Gasteiger partial charge in [0.05, 0.1) is 22.4 Å². The van der Waals surface area contributed by atoms with E-state index in [9.17, 15) is 0 Å². The monoisotopic (exact) mass is 914 g/mol. The van der Waals surface area contributed by atoms with E-state index in [-0.39, 0.29) is 5.41 Å². The third-order valence-electron chi connectivity index (χ3n) is 15.1. The molecule has 0 fully saturated rings. The van der Waals surface area contributed by atoms with Crippen molar-refractivity contribution in [1.82, 2.24) is 14.5 Å². The summed E-state index contributed by atoms with van der Waals surface area (Å²) in [6, 6.07) is 74.9. The Hall–Kier alpha value is -8.38. The lowest BCUT2D eigenvalue weighted by Crippen LogP contribution is -2.24. The third kappa shape index (κ3) is 6.28. The number of benzene rings is 9. The molecule has 2 aliphatic carbocycles. The van der Waals surface area contributed by atoms with Crippen LogP contribution in [0.5, 0.6) is 0 Å². The number of nitrogens with zero attached hydrogens (tertiary/aromatic N) is 4. The molecule has 3 heterocycles. The normalized spacial score (nSPS) is 15.9. The van der Waals surface area contributed by atoms with E-state index in [1.807, 2.05) is 11.3 Å². The van der Waals surface area contributed by atoms with E-state index in [4.69, 9.17) is 9.97 Å². The molecule has 2 atom stereocenters. The maximum absolute atomic E-state index is 5.51. The summed E-state index contributed by atoms with van der Waals surface area (Å²) in [6.45, 7) is 4.84. The molecule has 2 unspecified atom stereocenters. The van der Waals surface area contributed by atoms with E-state index in [0.717, 1.165) is 56.0 Å². The summed E-state index contributed by atoms with van der Waals surface area (Å²) in [4.78, 5) is 13.5.